The quantitative estimate of drug-likeness (QED) is 0.0707. The number of ketones is 1. The summed E-state index contributed by atoms with van der Waals surface area (Å²) in [6.07, 6.45) is 8.93. The van der Waals surface area contributed by atoms with E-state index in [9.17, 15) is 24.0 Å². The van der Waals surface area contributed by atoms with Gasteiger partial charge in [-0.05, 0) is 78.6 Å². The molecule has 0 aliphatic carbocycles. The maximum absolute atomic E-state index is 13.5. The Kier molecular flexibility index (Phi) is 17.0. The van der Waals surface area contributed by atoms with E-state index in [1.165, 1.54) is 6.92 Å². The van der Waals surface area contributed by atoms with E-state index in [4.69, 9.17) is 14.2 Å². The van der Waals surface area contributed by atoms with Gasteiger partial charge in [-0.2, -0.15) is 0 Å². The van der Waals surface area contributed by atoms with Gasteiger partial charge in [-0.3, -0.25) is 24.0 Å². The third-order valence-corrected chi connectivity index (χ3v) is 8.85. The minimum Gasteiger partial charge on any atom is -0.465 e. The highest BCUT2D eigenvalue weighted by Crippen LogP contribution is 2.39. The summed E-state index contributed by atoms with van der Waals surface area (Å²) in [7, 11) is 0. The molecule has 1 aliphatic heterocycles. The fourth-order valence-corrected chi connectivity index (χ4v) is 5.48. The van der Waals surface area contributed by atoms with Crippen LogP contribution >= 0.6 is 0 Å². The molecule has 0 bridgehead atoms. The van der Waals surface area contributed by atoms with Crippen molar-refractivity contribution in [1.82, 2.24) is 4.90 Å². The lowest BCUT2D eigenvalue weighted by Crippen LogP contribution is -2.44. The zero-order valence-corrected chi connectivity index (χ0v) is 27.4. The van der Waals surface area contributed by atoms with Gasteiger partial charge in [0.15, 0.2) is 0 Å². The van der Waals surface area contributed by atoms with Crippen LogP contribution in [0.2, 0.25) is 0 Å². The second-order valence-electron chi connectivity index (χ2n) is 12.7. The summed E-state index contributed by atoms with van der Waals surface area (Å²) in [6.45, 7) is 14.0. The predicted octanol–water partition coefficient (Wildman–Crippen LogP) is 6.20. The first-order valence-electron chi connectivity index (χ1n) is 16.1. The number of carbonyl (C=O) groups excluding carboxylic acids is 5. The van der Waals surface area contributed by atoms with Gasteiger partial charge in [0.2, 0.25) is 5.91 Å². The first-order chi connectivity index (χ1) is 19.8. The van der Waals surface area contributed by atoms with Crippen LogP contribution in [0.3, 0.4) is 0 Å². The van der Waals surface area contributed by atoms with Crippen molar-refractivity contribution >= 4 is 29.6 Å². The van der Waals surface area contributed by atoms with Gasteiger partial charge >= 0.3 is 17.9 Å². The zero-order valence-electron chi connectivity index (χ0n) is 27.4. The second-order valence-corrected chi connectivity index (χ2v) is 12.7. The number of ether oxygens (including phenoxy) is 3. The van der Waals surface area contributed by atoms with Crippen LogP contribution in [0.5, 0.6) is 0 Å². The summed E-state index contributed by atoms with van der Waals surface area (Å²) < 4.78 is 16.4. The van der Waals surface area contributed by atoms with E-state index in [0.717, 1.165) is 44.9 Å². The number of hydrogen-bond donors (Lipinski definition) is 0. The lowest BCUT2D eigenvalue weighted by Gasteiger charge is -2.37. The third kappa shape index (κ3) is 12.8. The lowest BCUT2D eigenvalue weighted by atomic mass is 9.73. The van der Waals surface area contributed by atoms with Crippen molar-refractivity contribution in [2.24, 2.45) is 16.7 Å². The Morgan fingerprint density at radius 2 is 1.55 bits per heavy atom. The van der Waals surface area contributed by atoms with E-state index in [2.05, 4.69) is 13.8 Å². The second kappa shape index (κ2) is 19.0. The van der Waals surface area contributed by atoms with Crippen LogP contribution in [-0.2, 0) is 38.2 Å². The number of unbranched alkanes of at least 4 members (excludes halogenated alkanes) is 1. The number of carbonyl (C=O) groups is 5. The average Bonchev–Trinajstić information content (AvgIpc) is 3.17. The molecule has 9 heteroatoms. The number of nitrogens with zero attached hydrogens (tertiary/aromatic N) is 1. The molecule has 0 aromatic rings. The number of likely N-dealkylation sites (tertiary alicyclic amines) is 1. The summed E-state index contributed by atoms with van der Waals surface area (Å²) >= 11 is 0. The summed E-state index contributed by atoms with van der Waals surface area (Å²) in [6, 6.07) is -0.190. The van der Waals surface area contributed by atoms with Crippen LogP contribution < -0.4 is 0 Å². The Labute approximate surface area is 253 Å². The SMILES string of the molecule is CCCCC(CC)COC(=O)C(C)(CC)CCC(C)(CC(C)N1CCCCCC1=O)C(=O)OCCOC(=O)CC(C)=O. The van der Waals surface area contributed by atoms with E-state index in [1.807, 2.05) is 32.6 Å². The number of amides is 1. The van der Waals surface area contributed by atoms with Crippen molar-refractivity contribution in [3.8, 4) is 0 Å². The lowest BCUT2D eigenvalue weighted by molar-refractivity contribution is -0.164. The molecule has 0 N–H and O–H groups in total. The van der Waals surface area contributed by atoms with Gasteiger partial charge in [0.25, 0.3) is 0 Å². The average molecular weight is 596 g/mol. The Balaban J connectivity index is 3.00. The maximum Gasteiger partial charge on any atom is 0.313 e. The fourth-order valence-electron chi connectivity index (χ4n) is 5.48. The third-order valence-electron chi connectivity index (χ3n) is 8.85. The monoisotopic (exact) mass is 595 g/mol. The molecule has 1 amide bonds. The summed E-state index contributed by atoms with van der Waals surface area (Å²) in [4.78, 5) is 64.3. The Hall–Kier alpha value is -2.45. The number of Topliss-reactive ketones (excluding diaryl/α,β-unsaturated/α-hetero) is 1. The summed E-state index contributed by atoms with van der Waals surface area (Å²) in [5.74, 6) is -1.23. The molecule has 1 heterocycles. The van der Waals surface area contributed by atoms with Gasteiger partial charge in [-0.1, -0.05) is 46.5 Å². The standard InChI is InChI=1S/C33H57NO8/c1-8-11-15-27(9-2)24-42-30(38)32(6,10-3)17-18-33(7,23-25(4)34-19-14-12-13-16-28(34)36)31(39)41-21-20-40-29(37)22-26(5)35/h25,27H,8-24H2,1-7H3. The molecule has 0 aromatic heterocycles. The molecular formula is C33H57NO8. The largest absolute Gasteiger partial charge is 0.465 e. The summed E-state index contributed by atoms with van der Waals surface area (Å²) in [5.41, 5.74) is -1.76. The van der Waals surface area contributed by atoms with Crippen LogP contribution in [0.25, 0.3) is 0 Å². The van der Waals surface area contributed by atoms with Crippen LogP contribution in [0.4, 0.5) is 0 Å². The number of hydrogen-bond acceptors (Lipinski definition) is 8. The number of esters is 3. The Morgan fingerprint density at radius 3 is 2.17 bits per heavy atom. The van der Waals surface area contributed by atoms with E-state index in [-0.39, 0.29) is 43.3 Å². The highest BCUT2D eigenvalue weighted by molar-refractivity contribution is 5.94. The van der Waals surface area contributed by atoms with Gasteiger partial charge in [0, 0.05) is 19.0 Å². The van der Waals surface area contributed by atoms with Crippen LogP contribution in [0, 0.1) is 16.7 Å². The first kappa shape index (κ1) is 37.6. The summed E-state index contributed by atoms with van der Waals surface area (Å²) in [5, 5.41) is 0. The van der Waals surface area contributed by atoms with Gasteiger partial charge in [-0.15, -0.1) is 0 Å². The highest BCUT2D eigenvalue weighted by atomic mass is 16.6. The van der Waals surface area contributed by atoms with Crippen molar-refractivity contribution in [3.63, 3.8) is 0 Å². The molecule has 1 fully saturated rings. The molecule has 0 aromatic carbocycles. The van der Waals surface area contributed by atoms with Crippen LogP contribution in [-0.4, -0.2) is 66.9 Å². The Morgan fingerprint density at radius 1 is 0.905 bits per heavy atom. The predicted molar refractivity (Wildman–Crippen MR) is 161 cm³/mol. The van der Waals surface area contributed by atoms with Crippen molar-refractivity contribution in [2.75, 3.05) is 26.4 Å². The van der Waals surface area contributed by atoms with Crippen LogP contribution in [0.1, 0.15) is 132 Å². The normalized spacial score (nSPS) is 18.2. The molecule has 1 aliphatic rings. The molecule has 4 unspecified atom stereocenters. The molecule has 242 valence electrons. The van der Waals surface area contributed by atoms with E-state index in [1.54, 1.807) is 0 Å². The van der Waals surface area contributed by atoms with E-state index < -0.39 is 22.8 Å². The van der Waals surface area contributed by atoms with Gasteiger partial charge in [-0.25, -0.2) is 0 Å². The van der Waals surface area contributed by atoms with E-state index in [0.29, 0.717) is 51.2 Å². The van der Waals surface area contributed by atoms with E-state index >= 15 is 0 Å². The minimum absolute atomic E-state index is 0.101. The van der Waals surface area contributed by atoms with Gasteiger partial charge < -0.3 is 19.1 Å². The molecule has 9 nitrogen and oxygen atoms in total. The highest BCUT2D eigenvalue weighted by Gasteiger charge is 2.42. The molecule has 4 atom stereocenters. The molecule has 0 spiro atoms. The molecule has 0 saturated carbocycles. The number of rotatable bonds is 20. The topological polar surface area (TPSA) is 116 Å². The molecule has 42 heavy (non-hydrogen) atoms. The van der Waals surface area contributed by atoms with Crippen molar-refractivity contribution < 1.29 is 38.2 Å². The van der Waals surface area contributed by atoms with Crippen LogP contribution in [0.15, 0.2) is 0 Å². The maximum atomic E-state index is 13.5. The van der Waals surface area contributed by atoms with Crippen molar-refractivity contribution in [2.45, 2.75) is 138 Å². The smallest absolute Gasteiger partial charge is 0.313 e. The molecular weight excluding hydrogens is 538 g/mol. The molecule has 1 saturated heterocycles. The van der Waals surface area contributed by atoms with Gasteiger partial charge in [0.1, 0.15) is 25.4 Å². The van der Waals surface area contributed by atoms with Crippen molar-refractivity contribution in [3.05, 3.63) is 0 Å². The Bertz CT molecular complexity index is 889. The first-order valence-corrected chi connectivity index (χ1v) is 16.1. The fraction of sp³-hybridized carbons (Fsp3) is 0.848. The molecule has 1 rings (SSSR count). The zero-order chi connectivity index (χ0) is 31.8. The minimum atomic E-state index is -0.987. The van der Waals surface area contributed by atoms with Gasteiger partial charge in [0.05, 0.1) is 17.4 Å². The molecule has 0 radical (unpaired) electrons. The van der Waals surface area contributed by atoms with Crippen molar-refractivity contribution in [1.29, 1.82) is 0 Å².